The van der Waals surface area contributed by atoms with Crippen LogP contribution in [0.4, 0.5) is 26.3 Å². The zero-order valence-corrected chi connectivity index (χ0v) is 12.0. The van der Waals surface area contributed by atoms with Crippen molar-refractivity contribution in [1.29, 1.82) is 0 Å². The van der Waals surface area contributed by atoms with Gasteiger partial charge in [-0.15, -0.1) is 0 Å². The van der Waals surface area contributed by atoms with Crippen molar-refractivity contribution in [3.8, 4) is 0 Å². The lowest BCUT2D eigenvalue weighted by atomic mass is 9.69. The van der Waals surface area contributed by atoms with Crippen LogP contribution >= 0.6 is 0 Å². The summed E-state index contributed by atoms with van der Waals surface area (Å²) in [5.74, 6) is -4.19. The highest BCUT2D eigenvalue weighted by atomic mass is 32.2. The van der Waals surface area contributed by atoms with Gasteiger partial charge < -0.3 is 4.55 Å². The SMILES string of the molecule is CC(C)(C)C(=O)C(CCS(=O)(=O)[O-])(C(F)(F)F)C(F)(F)F. The fraction of sp³-hybridized carbons (Fsp3) is 0.900. The van der Waals surface area contributed by atoms with Gasteiger partial charge in [0.05, 0.1) is 10.1 Å². The summed E-state index contributed by atoms with van der Waals surface area (Å²) >= 11 is 0. The number of halogens is 6. The van der Waals surface area contributed by atoms with Gasteiger partial charge in [0.2, 0.25) is 5.41 Å². The summed E-state index contributed by atoms with van der Waals surface area (Å²) in [6.07, 6.45) is -14.4. The lowest BCUT2D eigenvalue weighted by molar-refractivity contribution is -0.327. The molecule has 0 aromatic rings. The minimum Gasteiger partial charge on any atom is -0.748 e. The number of alkyl halides is 6. The molecule has 126 valence electrons. The molecule has 0 rings (SSSR count). The first kappa shape index (κ1) is 20.2. The summed E-state index contributed by atoms with van der Waals surface area (Å²) in [5.41, 5.74) is -6.94. The van der Waals surface area contributed by atoms with Gasteiger partial charge in [-0.2, -0.15) is 26.3 Å². The van der Waals surface area contributed by atoms with Crippen molar-refractivity contribution in [2.24, 2.45) is 10.8 Å². The van der Waals surface area contributed by atoms with E-state index < -0.39 is 51.3 Å². The summed E-state index contributed by atoms with van der Waals surface area (Å²) in [6.45, 7) is 2.52. The van der Waals surface area contributed by atoms with E-state index in [0.29, 0.717) is 0 Å². The van der Waals surface area contributed by atoms with E-state index in [1.807, 2.05) is 0 Å². The maximum atomic E-state index is 13.0. The van der Waals surface area contributed by atoms with Crippen LogP contribution in [0.2, 0.25) is 0 Å². The molecule has 0 amide bonds. The van der Waals surface area contributed by atoms with E-state index in [2.05, 4.69) is 0 Å². The highest BCUT2D eigenvalue weighted by Gasteiger charge is 2.75. The molecule has 0 aliphatic carbocycles. The van der Waals surface area contributed by atoms with Gasteiger partial charge in [-0.25, -0.2) is 8.42 Å². The predicted octanol–water partition coefficient (Wildman–Crippen LogP) is 2.65. The van der Waals surface area contributed by atoms with Crippen molar-refractivity contribution in [1.82, 2.24) is 0 Å². The summed E-state index contributed by atoms with van der Waals surface area (Å²) in [7, 11) is -5.36. The average molecular weight is 343 g/mol. The molecule has 0 atom stereocenters. The van der Waals surface area contributed by atoms with Crippen molar-refractivity contribution in [2.75, 3.05) is 5.75 Å². The number of hydrogen-bond donors (Lipinski definition) is 0. The van der Waals surface area contributed by atoms with Crippen LogP contribution in [0.3, 0.4) is 0 Å². The van der Waals surface area contributed by atoms with Crippen LogP contribution in [0.5, 0.6) is 0 Å². The molecule has 0 radical (unpaired) electrons. The molecular formula is C10H13F6O4S-. The molecule has 0 saturated heterocycles. The summed E-state index contributed by atoms with van der Waals surface area (Å²) in [6, 6.07) is 0. The monoisotopic (exact) mass is 343 g/mol. The Balaban J connectivity index is 6.24. The van der Waals surface area contributed by atoms with E-state index in [1.165, 1.54) is 0 Å². The molecule has 0 unspecified atom stereocenters. The second-order valence-corrected chi connectivity index (χ2v) is 7.02. The van der Waals surface area contributed by atoms with Crippen molar-refractivity contribution in [3.63, 3.8) is 0 Å². The first-order valence-electron chi connectivity index (χ1n) is 5.48. The van der Waals surface area contributed by atoms with Crippen LogP contribution in [-0.2, 0) is 14.9 Å². The Hall–Kier alpha value is -0.840. The van der Waals surface area contributed by atoms with Crippen LogP contribution in [0.25, 0.3) is 0 Å². The fourth-order valence-electron chi connectivity index (χ4n) is 1.73. The van der Waals surface area contributed by atoms with Gasteiger partial charge in [-0.05, 0) is 6.42 Å². The molecule has 0 aromatic carbocycles. The Kier molecular flexibility index (Phi) is 5.20. The van der Waals surface area contributed by atoms with E-state index >= 15 is 0 Å². The summed E-state index contributed by atoms with van der Waals surface area (Å²) < 4.78 is 109. The molecule has 0 saturated carbocycles. The maximum Gasteiger partial charge on any atom is 0.410 e. The van der Waals surface area contributed by atoms with Crippen LogP contribution in [-0.4, -0.2) is 36.9 Å². The minimum absolute atomic E-state index is 0.841. The van der Waals surface area contributed by atoms with E-state index in [4.69, 9.17) is 0 Å². The molecular weight excluding hydrogens is 330 g/mol. The van der Waals surface area contributed by atoms with Crippen LogP contribution in [0.15, 0.2) is 0 Å². The standard InChI is InChI=1S/C10H14F6O4S/c1-7(2,3)6(17)8(9(11,12)13,10(14,15)16)4-5-21(18,19)20/h4-5H2,1-3H3,(H,18,19,20)/p-1. The third-order valence-corrected chi connectivity index (χ3v) is 3.47. The Bertz CT molecular complexity index is 483. The predicted molar refractivity (Wildman–Crippen MR) is 58.2 cm³/mol. The number of rotatable bonds is 4. The second kappa shape index (κ2) is 5.41. The zero-order valence-electron chi connectivity index (χ0n) is 11.2. The molecule has 0 N–H and O–H groups in total. The number of carbonyl (C=O) groups is 1. The normalized spacial score (nSPS) is 15.1. The molecule has 0 aliphatic heterocycles. The van der Waals surface area contributed by atoms with E-state index in [-0.39, 0.29) is 0 Å². The first-order valence-corrected chi connectivity index (χ1v) is 7.06. The van der Waals surface area contributed by atoms with Crippen LogP contribution in [0.1, 0.15) is 27.2 Å². The Morgan fingerprint density at radius 1 is 0.952 bits per heavy atom. The van der Waals surface area contributed by atoms with Crippen molar-refractivity contribution >= 4 is 15.9 Å². The van der Waals surface area contributed by atoms with Gasteiger partial charge in [0.25, 0.3) is 0 Å². The highest BCUT2D eigenvalue weighted by molar-refractivity contribution is 7.85. The van der Waals surface area contributed by atoms with E-state index in [9.17, 15) is 44.1 Å². The average Bonchev–Trinajstić information content (AvgIpc) is 2.09. The molecule has 0 fully saturated rings. The third-order valence-electron chi connectivity index (χ3n) is 2.76. The Morgan fingerprint density at radius 2 is 1.29 bits per heavy atom. The third kappa shape index (κ3) is 4.31. The van der Waals surface area contributed by atoms with Gasteiger partial charge in [-0.3, -0.25) is 4.79 Å². The molecule has 0 bridgehead atoms. The summed E-state index contributed by atoms with van der Waals surface area (Å²) in [5, 5.41) is 0. The first-order chi connectivity index (χ1) is 8.86. The van der Waals surface area contributed by atoms with Crippen molar-refractivity contribution < 1.29 is 44.1 Å². The molecule has 21 heavy (non-hydrogen) atoms. The molecule has 0 aliphatic rings. The number of hydrogen-bond acceptors (Lipinski definition) is 4. The number of Topliss-reactive ketones (excluding diaryl/α,β-unsaturated/α-hetero) is 1. The smallest absolute Gasteiger partial charge is 0.410 e. The van der Waals surface area contributed by atoms with Crippen LogP contribution < -0.4 is 0 Å². The molecule has 4 nitrogen and oxygen atoms in total. The molecule has 11 heteroatoms. The van der Waals surface area contributed by atoms with E-state index in [1.54, 1.807) is 0 Å². The molecule has 0 heterocycles. The summed E-state index contributed by atoms with van der Waals surface area (Å²) in [4.78, 5) is 11.8. The van der Waals surface area contributed by atoms with Gasteiger partial charge in [0.15, 0.2) is 5.78 Å². The largest absolute Gasteiger partial charge is 0.748 e. The van der Waals surface area contributed by atoms with Gasteiger partial charge in [-0.1, -0.05) is 20.8 Å². The zero-order chi connectivity index (χ0) is 17.5. The minimum atomic E-state index is -6.08. The fourth-order valence-corrected chi connectivity index (χ4v) is 2.29. The van der Waals surface area contributed by atoms with Crippen molar-refractivity contribution in [2.45, 2.75) is 39.5 Å². The Labute approximate surface area is 117 Å². The van der Waals surface area contributed by atoms with E-state index in [0.717, 1.165) is 20.8 Å². The van der Waals surface area contributed by atoms with Crippen LogP contribution in [0, 0.1) is 10.8 Å². The van der Waals surface area contributed by atoms with Gasteiger partial charge in [0.1, 0.15) is 0 Å². The molecule has 0 aromatic heterocycles. The lowest BCUT2D eigenvalue weighted by Crippen LogP contribution is -2.59. The highest BCUT2D eigenvalue weighted by Crippen LogP contribution is 2.55. The maximum absolute atomic E-state index is 13.0. The number of ketones is 1. The lowest BCUT2D eigenvalue weighted by Gasteiger charge is -2.39. The van der Waals surface area contributed by atoms with Gasteiger partial charge in [0, 0.05) is 11.2 Å². The quantitative estimate of drug-likeness (QED) is 0.581. The topological polar surface area (TPSA) is 74.3 Å². The second-order valence-electron chi connectivity index (χ2n) is 5.49. The Morgan fingerprint density at radius 3 is 1.48 bits per heavy atom. The number of carbonyl (C=O) groups excluding carboxylic acids is 1. The van der Waals surface area contributed by atoms with Gasteiger partial charge >= 0.3 is 12.4 Å². The van der Waals surface area contributed by atoms with Crippen molar-refractivity contribution in [3.05, 3.63) is 0 Å². The molecule has 0 spiro atoms.